The van der Waals surface area contributed by atoms with Crippen molar-refractivity contribution < 1.29 is 5.11 Å². The van der Waals surface area contributed by atoms with Gasteiger partial charge in [-0.2, -0.15) is 0 Å². The number of aliphatic hydroxyl groups is 1. The first-order valence-electron chi connectivity index (χ1n) is 7.36. The third-order valence-electron chi connectivity index (χ3n) is 4.10. The van der Waals surface area contributed by atoms with Crippen molar-refractivity contribution in [2.24, 2.45) is 10.8 Å². The summed E-state index contributed by atoms with van der Waals surface area (Å²) in [5.41, 5.74) is 0.446. The molecule has 0 atom stereocenters. The molecule has 0 amide bonds. The van der Waals surface area contributed by atoms with E-state index in [1.807, 2.05) is 0 Å². The standard InChI is InChI=1S/C15H32N2O/c1-14(2,12-17(3)4)10-16-11-15(13-18)8-6-5-7-9-15/h16,18H,5-13H2,1-4H3. The van der Waals surface area contributed by atoms with Crippen LogP contribution in [0.15, 0.2) is 0 Å². The largest absolute Gasteiger partial charge is 0.396 e. The van der Waals surface area contributed by atoms with Crippen LogP contribution in [0, 0.1) is 10.8 Å². The van der Waals surface area contributed by atoms with Crippen LogP contribution in [-0.2, 0) is 0 Å². The minimum absolute atomic E-state index is 0.159. The highest BCUT2D eigenvalue weighted by Crippen LogP contribution is 2.35. The molecule has 1 aliphatic rings. The Morgan fingerprint density at radius 3 is 2.28 bits per heavy atom. The van der Waals surface area contributed by atoms with Crippen LogP contribution in [0.2, 0.25) is 0 Å². The fourth-order valence-corrected chi connectivity index (χ4v) is 3.27. The number of rotatable bonds is 7. The second-order valence-corrected chi connectivity index (χ2v) is 7.22. The number of hydrogen-bond donors (Lipinski definition) is 2. The average molecular weight is 256 g/mol. The van der Waals surface area contributed by atoms with E-state index in [9.17, 15) is 5.11 Å². The molecule has 0 aliphatic heterocycles. The molecule has 1 saturated carbocycles. The van der Waals surface area contributed by atoms with Crippen LogP contribution < -0.4 is 5.32 Å². The highest BCUT2D eigenvalue weighted by molar-refractivity contribution is 4.85. The molecule has 0 aromatic carbocycles. The summed E-state index contributed by atoms with van der Waals surface area (Å²) >= 11 is 0. The van der Waals surface area contributed by atoms with Gasteiger partial charge in [-0.25, -0.2) is 0 Å². The monoisotopic (exact) mass is 256 g/mol. The topological polar surface area (TPSA) is 35.5 Å². The van der Waals surface area contributed by atoms with Gasteiger partial charge in [0.2, 0.25) is 0 Å². The van der Waals surface area contributed by atoms with Crippen molar-refractivity contribution in [3.8, 4) is 0 Å². The Hall–Kier alpha value is -0.120. The summed E-state index contributed by atoms with van der Waals surface area (Å²) in [6.45, 7) is 8.02. The second-order valence-electron chi connectivity index (χ2n) is 7.22. The minimum atomic E-state index is 0.159. The van der Waals surface area contributed by atoms with E-state index >= 15 is 0 Å². The first kappa shape index (κ1) is 15.9. The van der Waals surface area contributed by atoms with Gasteiger partial charge in [0.1, 0.15) is 0 Å². The van der Waals surface area contributed by atoms with Gasteiger partial charge in [-0.3, -0.25) is 0 Å². The van der Waals surface area contributed by atoms with Gasteiger partial charge in [0.15, 0.2) is 0 Å². The van der Waals surface area contributed by atoms with Crippen LogP contribution in [0.4, 0.5) is 0 Å². The van der Waals surface area contributed by atoms with Crippen molar-refractivity contribution in [3.63, 3.8) is 0 Å². The third kappa shape index (κ3) is 5.25. The molecule has 1 aliphatic carbocycles. The molecule has 1 fully saturated rings. The molecule has 108 valence electrons. The Balaban J connectivity index is 2.34. The van der Waals surface area contributed by atoms with Crippen LogP contribution in [0.3, 0.4) is 0 Å². The van der Waals surface area contributed by atoms with Gasteiger partial charge in [0, 0.05) is 31.7 Å². The zero-order valence-corrected chi connectivity index (χ0v) is 12.8. The van der Waals surface area contributed by atoms with E-state index in [2.05, 4.69) is 38.2 Å². The zero-order chi connectivity index (χ0) is 13.6. The predicted octanol–water partition coefficient (Wildman–Crippen LogP) is 2.11. The molecule has 2 N–H and O–H groups in total. The summed E-state index contributed by atoms with van der Waals surface area (Å²) in [5.74, 6) is 0. The fraction of sp³-hybridized carbons (Fsp3) is 1.00. The first-order chi connectivity index (χ1) is 8.39. The quantitative estimate of drug-likeness (QED) is 0.732. The van der Waals surface area contributed by atoms with E-state index in [0.717, 1.165) is 19.6 Å². The van der Waals surface area contributed by atoms with E-state index in [1.54, 1.807) is 0 Å². The lowest BCUT2D eigenvalue weighted by atomic mass is 9.74. The molecule has 0 radical (unpaired) electrons. The number of nitrogens with zero attached hydrogens (tertiary/aromatic N) is 1. The third-order valence-corrected chi connectivity index (χ3v) is 4.10. The molecular weight excluding hydrogens is 224 g/mol. The molecule has 0 unspecified atom stereocenters. The normalized spacial score (nSPS) is 20.3. The summed E-state index contributed by atoms with van der Waals surface area (Å²) in [4.78, 5) is 2.24. The molecule has 18 heavy (non-hydrogen) atoms. The van der Waals surface area contributed by atoms with Crippen LogP contribution in [0.1, 0.15) is 46.0 Å². The van der Waals surface area contributed by atoms with Crippen LogP contribution in [0.25, 0.3) is 0 Å². The minimum Gasteiger partial charge on any atom is -0.396 e. The van der Waals surface area contributed by atoms with Crippen molar-refractivity contribution in [2.75, 3.05) is 40.3 Å². The summed E-state index contributed by atoms with van der Waals surface area (Å²) in [7, 11) is 4.25. The molecule has 1 rings (SSSR count). The van der Waals surface area contributed by atoms with Crippen LogP contribution in [-0.4, -0.2) is 50.3 Å². The molecule has 0 aromatic heterocycles. The maximum Gasteiger partial charge on any atom is 0.0499 e. The van der Waals surface area contributed by atoms with Crippen molar-refractivity contribution in [2.45, 2.75) is 46.0 Å². The Bertz CT molecular complexity index is 233. The highest BCUT2D eigenvalue weighted by atomic mass is 16.3. The molecule has 0 saturated heterocycles. The van der Waals surface area contributed by atoms with Crippen LogP contribution in [0.5, 0.6) is 0 Å². The maximum atomic E-state index is 9.67. The summed E-state index contributed by atoms with van der Waals surface area (Å²) in [6, 6.07) is 0. The van der Waals surface area contributed by atoms with E-state index < -0.39 is 0 Å². The lowest BCUT2D eigenvalue weighted by molar-refractivity contribution is 0.0774. The first-order valence-corrected chi connectivity index (χ1v) is 7.36. The Morgan fingerprint density at radius 1 is 1.17 bits per heavy atom. The van der Waals surface area contributed by atoms with Crippen molar-refractivity contribution >= 4 is 0 Å². The fourth-order valence-electron chi connectivity index (χ4n) is 3.27. The summed E-state index contributed by atoms with van der Waals surface area (Å²) < 4.78 is 0. The van der Waals surface area contributed by atoms with Gasteiger partial charge in [0.05, 0.1) is 0 Å². The molecule has 0 aromatic rings. The van der Waals surface area contributed by atoms with E-state index in [1.165, 1.54) is 32.1 Å². The zero-order valence-electron chi connectivity index (χ0n) is 12.8. The lowest BCUT2D eigenvalue weighted by Crippen LogP contribution is -2.44. The number of aliphatic hydroxyl groups excluding tert-OH is 1. The number of hydrogen-bond acceptors (Lipinski definition) is 3. The molecule has 0 spiro atoms. The molecular formula is C15H32N2O. The van der Waals surface area contributed by atoms with E-state index in [0.29, 0.717) is 6.61 Å². The highest BCUT2D eigenvalue weighted by Gasteiger charge is 2.31. The molecule has 3 nitrogen and oxygen atoms in total. The van der Waals surface area contributed by atoms with Crippen LogP contribution >= 0.6 is 0 Å². The smallest absolute Gasteiger partial charge is 0.0499 e. The molecule has 0 heterocycles. The summed E-state index contributed by atoms with van der Waals surface area (Å²) in [5, 5.41) is 13.3. The Labute approximate surface area is 113 Å². The van der Waals surface area contributed by atoms with Crippen molar-refractivity contribution in [1.29, 1.82) is 0 Å². The van der Waals surface area contributed by atoms with Gasteiger partial charge in [-0.15, -0.1) is 0 Å². The molecule has 0 bridgehead atoms. The Kier molecular flexibility index (Phi) is 6.09. The summed E-state index contributed by atoms with van der Waals surface area (Å²) in [6.07, 6.45) is 6.27. The SMILES string of the molecule is CN(C)CC(C)(C)CNCC1(CO)CCCCC1. The second kappa shape index (κ2) is 6.88. The van der Waals surface area contributed by atoms with Crippen molar-refractivity contribution in [3.05, 3.63) is 0 Å². The predicted molar refractivity (Wildman–Crippen MR) is 77.8 cm³/mol. The van der Waals surface area contributed by atoms with E-state index in [-0.39, 0.29) is 10.8 Å². The van der Waals surface area contributed by atoms with Gasteiger partial charge < -0.3 is 15.3 Å². The van der Waals surface area contributed by atoms with Gasteiger partial charge in [0.25, 0.3) is 0 Å². The van der Waals surface area contributed by atoms with Gasteiger partial charge >= 0.3 is 0 Å². The number of nitrogens with one attached hydrogen (secondary N) is 1. The maximum absolute atomic E-state index is 9.67. The van der Waals surface area contributed by atoms with E-state index in [4.69, 9.17) is 0 Å². The van der Waals surface area contributed by atoms with Gasteiger partial charge in [-0.1, -0.05) is 33.1 Å². The van der Waals surface area contributed by atoms with Gasteiger partial charge in [-0.05, 0) is 32.4 Å². The molecule has 3 heteroatoms. The average Bonchev–Trinajstić information content (AvgIpc) is 2.28. The lowest BCUT2D eigenvalue weighted by Gasteiger charge is -2.37. The van der Waals surface area contributed by atoms with Crippen molar-refractivity contribution in [1.82, 2.24) is 10.2 Å². The Morgan fingerprint density at radius 2 is 1.78 bits per heavy atom.